The number of hydrogen-bond donors (Lipinski definition) is 0. The van der Waals surface area contributed by atoms with E-state index in [1.54, 1.807) is 37.4 Å². The van der Waals surface area contributed by atoms with Crippen molar-refractivity contribution in [2.24, 2.45) is 0 Å². The number of rotatable bonds is 2. The smallest absolute Gasteiger partial charge is 0.0944 e. The third-order valence-electron chi connectivity index (χ3n) is 2.52. The molecule has 0 atom stereocenters. The highest BCUT2D eigenvalue weighted by atomic mass is 35.5. The van der Waals surface area contributed by atoms with Crippen LogP contribution in [0.25, 0.3) is 17.3 Å². The van der Waals surface area contributed by atoms with Gasteiger partial charge in [-0.1, -0.05) is 29.3 Å². The maximum absolute atomic E-state index is 8.86. The third-order valence-corrected chi connectivity index (χ3v) is 2.96. The first kappa shape index (κ1) is 13.6. The molecule has 1 aromatic heterocycles. The SMILES string of the molecule is C/C(C#N)=C\c1cccnc1-c1cc(Cl)cc(Cl)c1. The first-order valence-corrected chi connectivity index (χ1v) is 6.35. The number of nitrogens with zero attached hydrogens (tertiary/aromatic N) is 2. The standard InChI is InChI=1S/C15H10Cl2N2/c1-10(9-18)5-11-3-2-4-19-15(11)12-6-13(16)8-14(17)7-12/h2-8H,1H3/b10-5+. The monoisotopic (exact) mass is 288 g/mol. The summed E-state index contributed by atoms with van der Waals surface area (Å²) in [5, 5.41) is 9.98. The highest BCUT2D eigenvalue weighted by Crippen LogP contribution is 2.28. The van der Waals surface area contributed by atoms with Gasteiger partial charge < -0.3 is 0 Å². The number of benzene rings is 1. The summed E-state index contributed by atoms with van der Waals surface area (Å²) in [5.74, 6) is 0. The predicted molar refractivity (Wildman–Crippen MR) is 79.0 cm³/mol. The predicted octanol–water partition coefficient (Wildman–Crippen LogP) is 4.98. The lowest BCUT2D eigenvalue weighted by Crippen LogP contribution is -1.88. The summed E-state index contributed by atoms with van der Waals surface area (Å²) in [4.78, 5) is 4.35. The highest BCUT2D eigenvalue weighted by molar-refractivity contribution is 6.35. The topological polar surface area (TPSA) is 36.7 Å². The normalized spacial score (nSPS) is 11.2. The fourth-order valence-electron chi connectivity index (χ4n) is 1.73. The van der Waals surface area contributed by atoms with E-state index in [2.05, 4.69) is 11.1 Å². The lowest BCUT2D eigenvalue weighted by Gasteiger charge is -2.06. The van der Waals surface area contributed by atoms with Crippen molar-refractivity contribution < 1.29 is 0 Å². The van der Waals surface area contributed by atoms with Crippen molar-refractivity contribution >= 4 is 29.3 Å². The van der Waals surface area contributed by atoms with Gasteiger partial charge in [0, 0.05) is 32.9 Å². The van der Waals surface area contributed by atoms with E-state index in [1.807, 2.05) is 12.1 Å². The molecule has 0 spiro atoms. The first-order chi connectivity index (χ1) is 9.10. The Bertz CT molecular complexity index is 665. The van der Waals surface area contributed by atoms with Crippen molar-refractivity contribution in [3.63, 3.8) is 0 Å². The molecule has 0 fully saturated rings. The molecular weight excluding hydrogens is 279 g/mol. The number of aromatic nitrogens is 1. The van der Waals surface area contributed by atoms with E-state index < -0.39 is 0 Å². The van der Waals surface area contributed by atoms with Crippen LogP contribution in [0.15, 0.2) is 42.1 Å². The van der Waals surface area contributed by atoms with Crippen molar-refractivity contribution in [2.45, 2.75) is 6.92 Å². The molecule has 1 aromatic carbocycles. The van der Waals surface area contributed by atoms with Crippen LogP contribution < -0.4 is 0 Å². The van der Waals surface area contributed by atoms with Gasteiger partial charge in [-0.05, 0) is 37.3 Å². The highest BCUT2D eigenvalue weighted by Gasteiger charge is 2.07. The van der Waals surface area contributed by atoms with Crippen LogP contribution in [0.3, 0.4) is 0 Å². The van der Waals surface area contributed by atoms with Gasteiger partial charge in [0.05, 0.1) is 11.8 Å². The molecule has 0 radical (unpaired) electrons. The zero-order chi connectivity index (χ0) is 13.8. The van der Waals surface area contributed by atoms with Crippen molar-refractivity contribution in [1.29, 1.82) is 5.26 Å². The lowest BCUT2D eigenvalue weighted by atomic mass is 10.0. The number of nitriles is 1. The zero-order valence-electron chi connectivity index (χ0n) is 10.2. The quantitative estimate of drug-likeness (QED) is 0.731. The molecule has 0 aliphatic carbocycles. The Morgan fingerprint density at radius 3 is 2.58 bits per heavy atom. The van der Waals surface area contributed by atoms with Gasteiger partial charge in [-0.3, -0.25) is 4.98 Å². The lowest BCUT2D eigenvalue weighted by molar-refractivity contribution is 1.31. The molecule has 0 saturated carbocycles. The molecule has 2 rings (SSSR count). The number of allylic oxidation sites excluding steroid dienone is 1. The second-order valence-electron chi connectivity index (χ2n) is 4.04. The Hall–Kier alpha value is -1.82. The fourth-order valence-corrected chi connectivity index (χ4v) is 2.26. The first-order valence-electron chi connectivity index (χ1n) is 5.60. The van der Waals surface area contributed by atoms with Crippen LogP contribution in [0, 0.1) is 11.3 Å². The van der Waals surface area contributed by atoms with E-state index >= 15 is 0 Å². The van der Waals surface area contributed by atoms with Crippen LogP contribution in [0.2, 0.25) is 10.0 Å². The Kier molecular flexibility index (Phi) is 4.21. The van der Waals surface area contributed by atoms with Crippen LogP contribution in [0.5, 0.6) is 0 Å². The largest absolute Gasteiger partial charge is 0.256 e. The van der Waals surface area contributed by atoms with Crippen molar-refractivity contribution in [2.75, 3.05) is 0 Å². The van der Waals surface area contributed by atoms with Gasteiger partial charge in [0.1, 0.15) is 0 Å². The summed E-state index contributed by atoms with van der Waals surface area (Å²) in [6, 6.07) is 11.1. The van der Waals surface area contributed by atoms with E-state index in [0.717, 1.165) is 16.8 Å². The molecule has 0 aliphatic rings. The molecule has 4 heteroatoms. The molecule has 19 heavy (non-hydrogen) atoms. The van der Waals surface area contributed by atoms with Gasteiger partial charge in [0.25, 0.3) is 0 Å². The van der Waals surface area contributed by atoms with Gasteiger partial charge in [0.15, 0.2) is 0 Å². The Labute approximate surface area is 121 Å². The van der Waals surface area contributed by atoms with E-state index in [0.29, 0.717) is 15.6 Å². The summed E-state index contributed by atoms with van der Waals surface area (Å²) in [6.07, 6.45) is 3.49. The number of hydrogen-bond acceptors (Lipinski definition) is 2. The summed E-state index contributed by atoms with van der Waals surface area (Å²) in [7, 11) is 0. The molecule has 94 valence electrons. The van der Waals surface area contributed by atoms with Crippen LogP contribution in [0.1, 0.15) is 12.5 Å². The van der Waals surface area contributed by atoms with Crippen molar-refractivity contribution in [3.05, 3.63) is 57.7 Å². The molecule has 0 bridgehead atoms. The van der Waals surface area contributed by atoms with E-state index in [4.69, 9.17) is 28.5 Å². The number of pyridine rings is 1. The molecule has 2 nitrogen and oxygen atoms in total. The van der Waals surface area contributed by atoms with Crippen molar-refractivity contribution in [1.82, 2.24) is 4.98 Å². The van der Waals surface area contributed by atoms with Gasteiger partial charge in [-0.25, -0.2) is 0 Å². The fraction of sp³-hybridized carbons (Fsp3) is 0.0667. The van der Waals surface area contributed by atoms with E-state index in [1.165, 1.54) is 0 Å². The van der Waals surface area contributed by atoms with Gasteiger partial charge in [-0.2, -0.15) is 5.26 Å². The minimum absolute atomic E-state index is 0.556. The minimum atomic E-state index is 0.556. The molecule has 0 unspecified atom stereocenters. The zero-order valence-corrected chi connectivity index (χ0v) is 11.7. The molecule has 2 aromatic rings. The number of halogens is 2. The average molecular weight is 289 g/mol. The summed E-state index contributed by atoms with van der Waals surface area (Å²) in [6.45, 7) is 1.75. The van der Waals surface area contributed by atoms with E-state index in [9.17, 15) is 0 Å². The molecule has 0 aliphatic heterocycles. The van der Waals surface area contributed by atoms with Crippen LogP contribution in [0.4, 0.5) is 0 Å². The third kappa shape index (κ3) is 3.35. The molecule has 0 N–H and O–H groups in total. The summed E-state index contributed by atoms with van der Waals surface area (Å²) in [5.41, 5.74) is 3.05. The van der Waals surface area contributed by atoms with Crippen molar-refractivity contribution in [3.8, 4) is 17.3 Å². The van der Waals surface area contributed by atoms with Gasteiger partial charge in [-0.15, -0.1) is 0 Å². The maximum atomic E-state index is 8.86. The maximum Gasteiger partial charge on any atom is 0.0944 e. The second-order valence-corrected chi connectivity index (χ2v) is 4.91. The Morgan fingerprint density at radius 1 is 1.26 bits per heavy atom. The molecular formula is C15H10Cl2N2. The van der Waals surface area contributed by atoms with Gasteiger partial charge >= 0.3 is 0 Å². The molecule has 0 amide bonds. The van der Waals surface area contributed by atoms with Gasteiger partial charge in [0.2, 0.25) is 0 Å². The van der Waals surface area contributed by atoms with Crippen LogP contribution in [-0.4, -0.2) is 4.98 Å². The van der Waals surface area contributed by atoms with Crippen LogP contribution in [-0.2, 0) is 0 Å². The minimum Gasteiger partial charge on any atom is -0.256 e. The average Bonchev–Trinajstić information content (AvgIpc) is 2.38. The Balaban J connectivity index is 2.60. The van der Waals surface area contributed by atoms with E-state index in [-0.39, 0.29) is 0 Å². The summed E-state index contributed by atoms with van der Waals surface area (Å²) >= 11 is 12.0. The van der Waals surface area contributed by atoms with Crippen LogP contribution >= 0.6 is 23.2 Å². The summed E-state index contributed by atoms with van der Waals surface area (Å²) < 4.78 is 0. The molecule has 0 saturated heterocycles. The Morgan fingerprint density at radius 2 is 1.95 bits per heavy atom. The molecule has 1 heterocycles. The second kappa shape index (κ2) is 5.88.